The van der Waals surface area contributed by atoms with Gasteiger partial charge in [0.2, 0.25) is 0 Å². The van der Waals surface area contributed by atoms with E-state index in [-0.39, 0.29) is 0 Å². The summed E-state index contributed by atoms with van der Waals surface area (Å²) >= 11 is 0. The second-order valence-corrected chi connectivity index (χ2v) is 4.08. The molecule has 0 aromatic rings. The lowest BCUT2D eigenvalue weighted by atomic mass is 10.3. The maximum absolute atomic E-state index is 11.7. The van der Waals surface area contributed by atoms with E-state index in [1.54, 1.807) is 0 Å². The molecule has 0 aliphatic heterocycles. The van der Waals surface area contributed by atoms with Gasteiger partial charge in [-0.25, -0.2) is 17.9 Å². The maximum atomic E-state index is 11.7. The van der Waals surface area contributed by atoms with E-state index >= 15 is 0 Å². The molecule has 0 aliphatic carbocycles. The first-order chi connectivity index (χ1) is 6.27. The summed E-state index contributed by atoms with van der Waals surface area (Å²) in [5.74, 6) is -5.11. The van der Waals surface area contributed by atoms with Crippen LogP contribution in [0, 0.1) is 0 Å². The number of alkyl halides is 2. The molecule has 3 N–H and O–H groups in total. The third-order valence-corrected chi connectivity index (χ3v) is 2.32. The van der Waals surface area contributed by atoms with Crippen LogP contribution < -0.4 is 4.72 Å². The van der Waals surface area contributed by atoms with Crippen LogP contribution in [0.4, 0.5) is 8.78 Å². The maximum Gasteiger partial charge on any atom is 0.350 e. The molecule has 0 aromatic heterocycles. The molecule has 0 heterocycles. The topological polar surface area (TPSA) is 104 Å². The summed E-state index contributed by atoms with van der Waals surface area (Å²) in [7, 11) is -4.71. The second kappa shape index (κ2) is 5.17. The molecule has 0 bridgehead atoms. The molecule has 0 saturated heterocycles. The predicted molar refractivity (Wildman–Crippen MR) is 41.2 cm³/mol. The molecule has 9 heteroatoms. The van der Waals surface area contributed by atoms with Gasteiger partial charge in [-0.15, -0.1) is 0 Å². The Balaban J connectivity index is 3.92. The van der Waals surface area contributed by atoms with Crippen LogP contribution in [0.1, 0.15) is 6.42 Å². The number of aliphatic carboxylic acids is 1. The van der Waals surface area contributed by atoms with Crippen molar-refractivity contribution in [3.8, 4) is 0 Å². The normalized spacial score (nSPS) is 14.3. The van der Waals surface area contributed by atoms with Crippen molar-refractivity contribution in [2.24, 2.45) is 0 Å². The van der Waals surface area contributed by atoms with E-state index in [2.05, 4.69) is 0 Å². The van der Waals surface area contributed by atoms with Crippen LogP contribution in [0.2, 0.25) is 0 Å². The summed E-state index contributed by atoms with van der Waals surface area (Å²) < 4.78 is 45.6. The van der Waals surface area contributed by atoms with Crippen LogP contribution in [-0.4, -0.2) is 43.0 Å². The Hall–Kier alpha value is -0.800. The largest absolute Gasteiger partial charge is 0.479 e. The fraction of sp³-hybridized carbons (Fsp3) is 0.800. The lowest BCUT2D eigenvalue weighted by Gasteiger charge is -2.06. The lowest BCUT2D eigenvalue weighted by molar-refractivity contribution is -0.146. The highest BCUT2D eigenvalue weighted by Gasteiger charge is 2.23. The third-order valence-electron chi connectivity index (χ3n) is 1.24. The Morgan fingerprint density at radius 1 is 1.43 bits per heavy atom. The number of rotatable bonds is 6. The van der Waals surface area contributed by atoms with Crippen LogP contribution in [0.15, 0.2) is 0 Å². The zero-order chi connectivity index (χ0) is 11.4. The quantitative estimate of drug-likeness (QED) is 0.544. The van der Waals surface area contributed by atoms with Gasteiger partial charge in [-0.1, -0.05) is 0 Å². The second-order valence-electron chi connectivity index (χ2n) is 2.34. The molecule has 0 rings (SSSR count). The van der Waals surface area contributed by atoms with Gasteiger partial charge >= 0.3 is 11.7 Å². The number of carbonyl (C=O) groups is 1. The Bertz CT molecular complexity index is 290. The summed E-state index contributed by atoms with van der Waals surface area (Å²) in [6.07, 6.45) is -2.24. The Labute approximate surface area is 78.6 Å². The molecular weight excluding hydrogens is 224 g/mol. The molecule has 0 saturated carbocycles. The standard InChI is InChI=1S/C5H9F2NO5S/c6-5(7)14(12,13)8-2-1-3(9)4(10)11/h3,5,8-9H,1-2H2,(H,10,11). The van der Waals surface area contributed by atoms with E-state index in [4.69, 9.17) is 10.2 Å². The van der Waals surface area contributed by atoms with Crippen LogP contribution >= 0.6 is 0 Å². The fourth-order valence-electron chi connectivity index (χ4n) is 0.524. The molecule has 0 aromatic carbocycles. The van der Waals surface area contributed by atoms with Crippen LogP contribution in [0.3, 0.4) is 0 Å². The Morgan fingerprint density at radius 3 is 2.29 bits per heavy atom. The average Bonchev–Trinajstić information content (AvgIpc) is 2.03. The molecule has 0 spiro atoms. The molecule has 84 valence electrons. The highest BCUT2D eigenvalue weighted by molar-refractivity contribution is 7.89. The molecule has 0 aliphatic rings. The molecule has 0 fully saturated rings. The Kier molecular flexibility index (Phi) is 4.88. The van der Waals surface area contributed by atoms with Crippen molar-refractivity contribution in [2.45, 2.75) is 18.3 Å². The number of hydrogen-bond acceptors (Lipinski definition) is 4. The third kappa shape index (κ3) is 4.44. The summed E-state index contributed by atoms with van der Waals surface area (Å²) in [4.78, 5) is 10.0. The zero-order valence-electron chi connectivity index (χ0n) is 6.85. The van der Waals surface area contributed by atoms with E-state index < -0.39 is 40.8 Å². The Morgan fingerprint density at radius 2 is 1.93 bits per heavy atom. The van der Waals surface area contributed by atoms with Gasteiger partial charge in [-0.2, -0.15) is 8.78 Å². The van der Waals surface area contributed by atoms with E-state index in [0.29, 0.717) is 0 Å². The average molecular weight is 233 g/mol. The molecule has 0 amide bonds. The van der Waals surface area contributed by atoms with Gasteiger partial charge < -0.3 is 10.2 Å². The first kappa shape index (κ1) is 13.2. The number of halogens is 2. The molecule has 14 heavy (non-hydrogen) atoms. The number of sulfonamides is 1. The van der Waals surface area contributed by atoms with Crippen molar-refractivity contribution in [1.82, 2.24) is 4.72 Å². The minimum Gasteiger partial charge on any atom is -0.479 e. The van der Waals surface area contributed by atoms with Crippen molar-refractivity contribution < 1.29 is 32.2 Å². The van der Waals surface area contributed by atoms with Crippen molar-refractivity contribution in [2.75, 3.05) is 6.54 Å². The van der Waals surface area contributed by atoms with Gasteiger partial charge in [-0.3, -0.25) is 0 Å². The lowest BCUT2D eigenvalue weighted by Crippen LogP contribution is -2.33. The molecule has 1 atom stereocenters. The number of aliphatic hydroxyl groups is 1. The highest BCUT2D eigenvalue weighted by atomic mass is 32.2. The highest BCUT2D eigenvalue weighted by Crippen LogP contribution is 2.01. The first-order valence-electron chi connectivity index (χ1n) is 3.45. The van der Waals surface area contributed by atoms with Gasteiger partial charge in [0.15, 0.2) is 6.10 Å². The van der Waals surface area contributed by atoms with Gasteiger partial charge in [-0.05, 0) is 6.42 Å². The van der Waals surface area contributed by atoms with Crippen molar-refractivity contribution in [1.29, 1.82) is 0 Å². The van der Waals surface area contributed by atoms with E-state index in [0.717, 1.165) is 0 Å². The molecular formula is C5H9F2NO5S. The van der Waals surface area contributed by atoms with Crippen LogP contribution in [0.5, 0.6) is 0 Å². The van der Waals surface area contributed by atoms with E-state index in [9.17, 15) is 22.0 Å². The number of nitrogens with one attached hydrogen (secondary N) is 1. The summed E-state index contributed by atoms with van der Waals surface area (Å²) in [5, 5.41) is 16.8. The fourth-order valence-corrected chi connectivity index (χ4v) is 1.05. The molecule has 1 unspecified atom stereocenters. The van der Waals surface area contributed by atoms with Gasteiger partial charge in [0, 0.05) is 6.54 Å². The van der Waals surface area contributed by atoms with Gasteiger partial charge in [0.1, 0.15) is 0 Å². The van der Waals surface area contributed by atoms with Gasteiger partial charge in [0.05, 0.1) is 0 Å². The minimum atomic E-state index is -4.71. The van der Waals surface area contributed by atoms with Crippen molar-refractivity contribution >= 4 is 16.0 Å². The number of aliphatic hydroxyl groups excluding tert-OH is 1. The minimum absolute atomic E-state index is 0.471. The number of hydrogen-bond donors (Lipinski definition) is 3. The van der Waals surface area contributed by atoms with Crippen LogP contribution in [-0.2, 0) is 14.8 Å². The van der Waals surface area contributed by atoms with Crippen molar-refractivity contribution in [3.05, 3.63) is 0 Å². The summed E-state index contributed by atoms with van der Waals surface area (Å²) in [6.45, 7) is -0.555. The summed E-state index contributed by atoms with van der Waals surface area (Å²) in [6, 6.07) is 0. The monoisotopic (exact) mass is 233 g/mol. The SMILES string of the molecule is O=C(O)C(O)CCNS(=O)(=O)C(F)F. The van der Waals surface area contributed by atoms with E-state index in [1.165, 1.54) is 4.72 Å². The van der Waals surface area contributed by atoms with Crippen molar-refractivity contribution in [3.63, 3.8) is 0 Å². The van der Waals surface area contributed by atoms with Gasteiger partial charge in [0.25, 0.3) is 10.0 Å². The number of carboxylic acid groups (broad SMARTS) is 1. The van der Waals surface area contributed by atoms with Crippen LogP contribution in [0.25, 0.3) is 0 Å². The zero-order valence-corrected chi connectivity index (χ0v) is 7.67. The smallest absolute Gasteiger partial charge is 0.350 e. The predicted octanol–water partition coefficient (Wildman–Crippen LogP) is -1.04. The number of carboxylic acids is 1. The molecule has 0 radical (unpaired) electrons. The molecule has 6 nitrogen and oxygen atoms in total. The summed E-state index contributed by atoms with van der Waals surface area (Å²) in [5.41, 5.74) is 0. The van der Waals surface area contributed by atoms with E-state index in [1.807, 2.05) is 0 Å². The first-order valence-corrected chi connectivity index (χ1v) is 4.99.